The van der Waals surface area contributed by atoms with E-state index in [0.29, 0.717) is 17.6 Å². The Balaban J connectivity index is 1.88. The largest absolute Gasteiger partial charge is 0.299 e. The smallest absolute Gasteiger partial charge is 0.136 e. The van der Waals surface area contributed by atoms with Gasteiger partial charge < -0.3 is 0 Å². The van der Waals surface area contributed by atoms with Crippen LogP contribution in [0.2, 0.25) is 0 Å². The summed E-state index contributed by atoms with van der Waals surface area (Å²) >= 11 is 0. The number of Topliss-reactive ketones (excluding diaryl/α,β-unsaturated/α-hetero) is 1. The number of fused-ring (bicyclic) bond motifs is 3. The van der Waals surface area contributed by atoms with Gasteiger partial charge in [-0.15, -0.1) is 0 Å². The average Bonchev–Trinajstić information content (AvgIpc) is 2.58. The van der Waals surface area contributed by atoms with Crippen LogP contribution < -0.4 is 0 Å². The first-order valence-corrected chi connectivity index (χ1v) is 8.74. The lowest BCUT2D eigenvalue weighted by atomic mass is 9.54. The van der Waals surface area contributed by atoms with Crippen molar-refractivity contribution < 1.29 is 4.79 Å². The van der Waals surface area contributed by atoms with E-state index in [2.05, 4.69) is 68.4 Å². The van der Waals surface area contributed by atoms with Crippen molar-refractivity contribution in [1.29, 1.82) is 0 Å². The molecule has 1 fully saturated rings. The molecule has 0 heterocycles. The van der Waals surface area contributed by atoms with Gasteiger partial charge in [-0.1, -0.05) is 68.4 Å². The minimum Gasteiger partial charge on any atom is -0.299 e. The molecule has 1 nitrogen and oxygen atoms in total. The Morgan fingerprint density at radius 1 is 0.913 bits per heavy atom. The van der Waals surface area contributed by atoms with Crippen molar-refractivity contribution in [3.8, 4) is 0 Å². The molecule has 0 bridgehead atoms. The van der Waals surface area contributed by atoms with Crippen LogP contribution in [0.1, 0.15) is 61.6 Å². The average molecular weight is 304 g/mol. The molecule has 3 atom stereocenters. The maximum atomic E-state index is 12.7. The molecule has 0 N–H and O–H groups in total. The number of hydrogen-bond donors (Lipinski definition) is 0. The summed E-state index contributed by atoms with van der Waals surface area (Å²) in [5.74, 6) is 1.38. The second kappa shape index (κ2) is 5.33. The van der Waals surface area contributed by atoms with Crippen molar-refractivity contribution in [2.75, 3.05) is 0 Å². The van der Waals surface area contributed by atoms with Crippen LogP contribution in [0.4, 0.5) is 0 Å². The highest BCUT2D eigenvalue weighted by atomic mass is 16.1. The van der Waals surface area contributed by atoms with Gasteiger partial charge in [0.2, 0.25) is 0 Å². The summed E-state index contributed by atoms with van der Waals surface area (Å²) in [4.78, 5) is 12.7. The van der Waals surface area contributed by atoms with Crippen LogP contribution in [0.3, 0.4) is 0 Å². The van der Waals surface area contributed by atoms with E-state index < -0.39 is 0 Å². The zero-order valence-corrected chi connectivity index (χ0v) is 14.0. The van der Waals surface area contributed by atoms with Gasteiger partial charge in [0.25, 0.3) is 0 Å². The summed E-state index contributed by atoms with van der Waals surface area (Å²) < 4.78 is 0. The number of ketones is 1. The number of benzene rings is 2. The Morgan fingerprint density at radius 3 is 2.30 bits per heavy atom. The molecular weight excluding hydrogens is 280 g/mol. The van der Waals surface area contributed by atoms with Crippen LogP contribution in [0.25, 0.3) is 0 Å². The maximum absolute atomic E-state index is 12.7. The van der Waals surface area contributed by atoms with Crippen molar-refractivity contribution in [2.45, 2.75) is 44.9 Å². The van der Waals surface area contributed by atoms with E-state index in [1.807, 2.05) is 0 Å². The number of hydrogen-bond acceptors (Lipinski definition) is 1. The Hall–Kier alpha value is -1.89. The van der Waals surface area contributed by atoms with Crippen LogP contribution >= 0.6 is 0 Å². The fourth-order valence-electron chi connectivity index (χ4n) is 4.92. The number of carbonyl (C=O) groups is 1. The zero-order chi connectivity index (χ0) is 16.0. The lowest BCUT2D eigenvalue weighted by molar-refractivity contribution is -0.129. The van der Waals surface area contributed by atoms with Crippen molar-refractivity contribution >= 4 is 5.78 Å². The fourth-order valence-corrected chi connectivity index (χ4v) is 4.92. The van der Waals surface area contributed by atoms with Crippen molar-refractivity contribution in [3.63, 3.8) is 0 Å². The predicted octanol–water partition coefficient (Wildman–Crippen LogP) is 5.31. The van der Waals surface area contributed by atoms with Gasteiger partial charge in [-0.2, -0.15) is 0 Å². The molecule has 0 radical (unpaired) electrons. The first-order valence-electron chi connectivity index (χ1n) is 8.74. The normalized spacial score (nSPS) is 28.8. The van der Waals surface area contributed by atoms with Gasteiger partial charge in [0.05, 0.1) is 0 Å². The zero-order valence-electron chi connectivity index (χ0n) is 14.0. The highest BCUT2D eigenvalue weighted by Crippen LogP contribution is 2.56. The molecule has 2 aromatic rings. The molecule has 2 aliphatic carbocycles. The summed E-state index contributed by atoms with van der Waals surface area (Å²) in [5.41, 5.74) is 4.39. The standard InChI is InChI=1S/C22H24O/c1-22(2)13-12-20(23)19-14-18(15-8-4-3-5-9-15)16-10-6-7-11-17(16)21(19)22/h3-11,18-19,21H,12-14H2,1-2H3/t18?,19-,21-/m1/s1. The van der Waals surface area contributed by atoms with Gasteiger partial charge in [0.1, 0.15) is 5.78 Å². The van der Waals surface area contributed by atoms with Crippen molar-refractivity contribution in [3.05, 3.63) is 71.3 Å². The Bertz CT molecular complexity index is 729. The first kappa shape index (κ1) is 14.7. The molecule has 0 aliphatic heterocycles. The van der Waals surface area contributed by atoms with Gasteiger partial charge in [-0.3, -0.25) is 4.79 Å². The van der Waals surface area contributed by atoms with Crippen LogP contribution in [0.15, 0.2) is 54.6 Å². The molecule has 1 saturated carbocycles. The van der Waals surface area contributed by atoms with Crippen LogP contribution in [-0.4, -0.2) is 5.78 Å². The van der Waals surface area contributed by atoms with E-state index in [-0.39, 0.29) is 11.3 Å². The van der Waals surface area contributed by atoms with Gasteiger partial charge in [-0.25, -0.2) is 0 Å². The summed E-state index contributed by atoms with van der Waals surface area (Å²) in [6.07, 6.45) is 2.73. The number of carbonyl (C=O) groups excluding carboxylic acids is 1. The van der Waals surface area contributed by atoms with E-state index in [4.69, 9.17) is 0 Å². The lowest BCUT2D eigenvalue weighted by Crippen LogP contribution is -2.42. The van der Waals surface area contributed by atoms with Crippen molar-refractivity contribution in [1.82, 2.24) is 0 Å². The summed E-state index contributed by atoms with van der Waals surface area (Å²) in [6.45, 7) is 4.69. The van der Waals surface area contributed by atoms with Gasteiger partial charge in [0.15, 0.2) is 0 Å². The molecule has 0 aromatic heterocycles. The molecule has 1 heteroatoms. The van der Waals surface area contributed by atoms with E-state index in [0.717, 1.165) is 19.3 Å². The topological polar surface area (TPSA) is 17.1 Å². The summed E-state index contributed by atoms with van der Waals surface area (Å²) in [7, 11) is 0. The lowest BCUT2D eigenvalue weighted by Gasteiger charge is -2.48. The van der Waals surface area contributed by atoms with Crippen LogP contribution in [0.5, 0.6) is 0 Å². The Morgan fingerprint density at radius 2 is 1.57 bits per heavy atom. The SMILES string of the molecule is CC1(C)CCC(=O)[C@H]2CC(c3ccccc3)c3ccccc3[C@H]21. The predicted molar refractivity (Wildman–Crippen MR) is 93.6 cm³/mol. The molecular formula is C22H24O. The molecule has 2 aromatic carbocycles. The summed E-state index contributed by atoms with van der Waals surface area (Å²) in [6, 6.07) is 19.5. The van der Waals surface area contributed by atoms with Crippen molar-refractivity contribution in [2.24, 2.45) is 11.3 Å². The van der Waals surface area contributed by atoms with Crippen LogP contribution in [-0.2, 0) is 4.79 Å². The van der Waals surface area contributed by atoms with E-state index in [9.17, 15) is 4.79 Å². The monoisotopic (exact) mass is 304 g/mol. The highest BCUT2D eigenvalue weighted by Gasteiger charge is 2.48. The molecule has 2 aliphatic rings. The molecule has 4 rings (SSSR count). The minimum atomic E-state index is 0.179. The van der Waals surface area contributed by atoms with Gasteiger partial charge in [0, 0.05) is 18.3 Å². The molecule has 1 unspecified atom stereocenters. The molecule has 0 spiro atoms. The molecule has 23 heavy (non-hydrogen) atoms. The second-order valence-electron chi connectivity index (χ2n) is 7.87. The Labute approximate surface area is 138 Å². The molecule has 0 amide bonds. The summed E-state index contributed by atoms with van der Waals surface area (Å²) in [5, 5.41) is 0. The number of rotatable bonds is 1. The fraction of sp³-hybridized carbons (Fsp3) is 0.409. The van der Waals surface area contributed by atoms with E-state index >= 15 is 0 Å². The second-order valence-corrected chi connectivity index (χ2v) is 7.87. The highest BCUT2D eigenvalue weighted by molar-refractivity contribution is 5.84. The van der Waals surface area contributed by atoms with E-state index in [1.165, 1.54) is 16.7 Å². The van der Waals surface area contributed by atoms with Gasteiger partial charge >= 0.3 is 0 Å². The molecule has 118 valence electrons. The third kappa shape index (κ3) is 2.34. The first-order chi connectivity index (χ1) is 11.1. The van der Waals surface area contributed by atoms with E-state index in [1.54, 1.807) is 0 Å². The maximum Gasteiger partial charge on any atom is 0.136 e. The third-order valence-electron chi connectivity index (χ3n) is 6.07. The Kier molecular flexibility index (Phi) is 3.41. The molecule has 0 saturated heterocycles. The van der Waals surface area contributed by atoms with Crippen LogP contribution in [0, 0.1) is 11.3 Å². The van der Waals surface area contributed by atoms with Gasteiger partial charge in [-0.05, 0) is 40.9 Å². The minimum absolute atomic E-state index is 0.179. The quantitative estimate of drug-likeness (QED) is 0.697. The third-order valence-corrected chi connectivity index (χ3v) is 6.07.